The number of rotatable bonds is 2. The van der Waals surface area contributed by atoms with Gasteiger partial charge in [-0.3, -0.25) is 4.67 Å². The molecule has 0 rings (SSSR count). The van der Waals surface area contributed by atoms with Gasteiger partial charge in [0.15, 0.2) is 0 Å². The van der Waals surface area contributed by atoms with Crippen molar-refractivity contribution in [1.29, 1.82) is 0 Å². The fraction of sp³-hybridized carbons (Fsp3) is 1.00. The van der Waals surface area contributed by atoms with E-state index in [0.717, 1.165) is 8.73 Å². The van der Waals surface area contributed by atoms with Gasteiger partial charge in [0.05, 0.1) is 0 Å². The Morgan fingerprint density at radius 3 is 2.00 bits per heavy atom. The van der Waals surface area contributed by atoms with E-state index in [-0.39, 0.29) is 0 Å². The lowest BCUT2D eigenvalue weighted by Crippen LogP contribution is -1.95. The Morgan fingerprint density at radius 1 is 1.50 bits per heavy atom. The van der Waals surface area contributed by atoms with Gasteiger partial charge in [-0.2, -0.15) is 0 Å². The van der Waals surface area contributed by atoms with E-state index in [1.54, 1.807) is 0 Å². The normalized spacial score (nSPS) is 12.0. The van der Waals surface area contributed by atoms with Gasteiger partial charge in [-0.15, -0.1) is 0 Å². The molecule has 0 saturated carbocycles. The molecule has 1 nitrogen and oxygen atoms in total. The number of hydrogen-bond donors (Lipinski definition) is 0. The summed E-state index contributed by atoms with van der Waals surface area (Å²) >= 11 is 0. The van der Waals surface area contributed by atoms with Gasteiger partial charge in [0.1, 0.15) is 0 Å². The van der Waals surface area contributed by atoms with Crippen molar-refractivity contribution in [2.45, 2.75) is 6.92 Å². The molecule has 0 bridgehead atoms. The summed E-state index contributed by atoms with van der Waals surface area (Å²) in [5.74, 6) is 0. The molecular weight excluding hydrogens is 93.0 g/mol. The van der Waals surface area contributed by atoms with Crippen LogP contribution in [0, 0.1) is 0 Å². The smallest absolute Gasteiger partial charge is 0.00995 e. The van der Waals surface area contributed by atoms with Gasteiger partial charge in [-0.05, 0) is 20.3 Å². The molecule has 6 heavy (non-hydrogen) atoms. The summed E-state index contributed by atoms with van der Waals surface area (Å²) < 4.78 is 2.21. The Bertz CT molecular complexity index is 28.7. The maximum atomic E-state index is 2.21. The maximum Gasteiger partial charge on any atom is -0.00995 e. The molecule has 38 valence electrons. The third kappa shape index (κ3) is 4.39. The van der Waals surface area contributed by atoms with Crippen LogP contribution in [0.5, 0.6) is 0 Å². The molecule has 0 spiro atoms. The van der Waals surface area contributed by atoms with Crippen molar-refractivity contribution < 1.29 is 0 Å². The van der Waals surface area contributed by atoms with E-state index in [4.69, 9.17) is 0 Å². The molecule has 0 aliphatic carbocycles. The Labute approximate surface area is 41.6 Å². The minimum atomic E-state index is 1.00. The number of hydrogen-bond acceptors (Lipinski definition) is 1. The second kappa shape index (κ2) is 3.58. The van der Waals surface area contributed by atoms with Crippen molar-refractivity contribution in [2.75, 3.05) is 20.3 Å². The van der Waals surface area contributed by atoms with Crippen molar-refractivity contribution in [2.24, 2.45) is 0 Å². The molecule has 0 saturated heterocycles. The first-order chi connectivity index (χ1) is 2.77. The van der Waals surface area contributed by atoms with Gasteiger partial charge in [-0.25, -0.2) is 0 Å². The molecule has 1 atom stereocenters. The summed E-state index contributed by atoms with van der Waals surface area (Å²) in [6, 6.07) is 0. The predicted molar refractivity (Wildman–Crippen MR) is 32.5 cm³/mol. The van der Waals surface area contributed by atoms with Gasteiger partial charge in [0.2, 0.25) is 0 Å². The van der Waals surface area contributed by atoms with E-state index < -0.39 is 0 Å². The molecule has 0 aliphatic heterocycles. The SMILES string of the molecule is CCPN(C)C. The van der Waals surface area contributed by atoms with Crippen molar-refractivity contribution in [3.8, 4) is 0 Å². The average molecular weight is 105 g/mol. The van der Waals surface area contributed by atoms with E-state index >= 15 is 0 Å². The highest BCUT2D eigenvalue weighted by atomic mass is 31.1. The van der Waals surface area contributed by atoms with Crippen LogP contribution in [0.25, 0.3) is 0 Å². The molecular formula is C4H12NP. The largest absolute Gasteiger partial charge is 0.291 e. The quantitative estimate of drug-likeness (QED) is 0.476. The van der Waals surface area contributed by atoms with Crippen LogP contribution in [0.3, 0.4) is 0 Å². The molecule has 0 amide bonds. The van der Waals surface area contributed by atoms with Gasteiger partial charge in [0.25, 0.3) is 0 Å². The molecule has 0 aromatic heterocycles. The summed E-state index contributed by atoms with van der Waals surface area (Å²) in [6.07, 6.45) is 1.28. The zero-order chi connectivity index (χ0) is 4.99. The number of nitrogens with zero attached hydrogens (tertiary/aromatic N) is 1. The van der Waals surface area contributed by atoms with Crippen LogP contribution >= 0.6 is 8.73 Å². The van der Waals surface area contributed by atoms with Crippen molar-refractivity contribution in [3.05, 3.63) is 0 Å². The molecule has 0 N–H and O–H groups in total. The highest BCUT2D eigenvalue weighted by Crippen LogP contribution is 2.08. The van der Waals surface area contributed by atoms with E-state index in [9.17, 15) is 0 Å². The van der Waals surface area contributed by atoms with E-state index in [1.165, 1.54) is 6.16 Å². The summed E-state index contributed by atoms with van der Waals surface area (Å²) in [5.41, 5.74) is 0. The first-order valence-electron chi connectivity index (χ1n) is 2.18. The molecule has 0 aromatic rings. The monoisotopic (exact) mass is 105 g/mol. The molecule has 0 aliphatic rings. The minimum absolute atomic E-state index is 1.00. The summed E-state index contributed by atoms with van der Waals surface area (Å²) in [5, 5.41) is 0. The highest BCUT2D eigenvalue weighted by Gasteiger charge is 1.79. The first-order valence-corrected chi connectivity index (χ1v) is 3.33. The molecule has 2 heteroatoms. The average Bonchev–Trinajstić information content (AvgIpc) is 1.35. The zero-order valence-electron chi connectivity index (χ0n) is 4.65. The lowest BCUT2D eigenvalue weighted by Gasteiger charge is -2.03. The standard InChI is InChI=1S/C4H12NP/c1-4-6-5(2)3/h6H,4H2,1-3H3. The van der Waals surface area contributed by atoms with Gasteiger partial charge in [-0.1, -0.05) is 15.7 Å². The third-order valence-electron chi connectivity index (χ3n) is 0.474. The van der Waals surface area contributed by atoms with Crippen molar-refractivity contribution in [1.82, 2.24) is 4.67 Å². The molecule has 0 aromatic carbocycles. The topological polar surface area (TPSA) is 3.24 Å². The van der Waals surface area contributed by atoms with Crippen molar-refractivity contribution >= 4 is 8.73 Å². The van der Waals surface area contributed by atoms with Crippen LogP contribution in [-0.2, 0) is 0 Å². The molecule has 0 radical (unpaired) electrons. The van der Waals surface area contributed by atoms with Crippen LogP contribution in [0.4, 0.5) is 0 Å². The third-order valence-corrected chi connectivity index (χ3v) is 1.42. The molecule has 0 fully saturated rings. The second-order valence-corrected chi connectivity index (χ2v) is 3.32. The van der Waals surface area contributed by atoms with Gasteiger partial charge >= 0.3 is 0 Å². The molecule has 0 heterocycles. The zero-order valence-corrected chi connectivity index (χ0v) is 5.65. The maximum absolute atomic E-state index is 2.21. The van der Waals surface area contributed by atoms with E-state index in [0.29, 0.717) is 0 Å². The van der Waals surface area contributed by atoms with E-state index in [1.807, 2.05) is 0 Å². The Balaban J connectivity index is 2.63. The summed E-state index contributed by atoms with van der Waals surface area (Å²) in [6.45, 7) is 2.19. The summed E-state index contributed by atoms with van der Waals surface area (Å²) in [7, 11) is 5.20. The Kier molecular flexibility index (Phi) is 3.81. The second-order valence-electron chi connectivity index (χ2n) is 1.41. The van der Waals surface area contributed by atoms with Crippen LogP contribution < -0.4 is 0 Å². The van der Waals surface area contributed by atoms with Gasteiger partial charge in [0, 0.05) is 0 Å². The Hall–Kier alpha value is 0.390. The van der Waals surface area contributed by atoms with Crippen LogP contribution in [0.1, 0.15) is 6.92 Å². The lowest BCUT2D eigenvalue weighted by atomic mass is 11.0. The van der Waals surface area contributed by atoms with E-state index in [2.05, 4.69) is 25.7 Å². The van der Waals surface area contributed by atoms with Crippen molar-refractivity contribution in [3.63, 3.8) is 0 Å². The molecule has 1 unspecified atom stereocenters. The highest BCUT2D eigenvalue weighted by molar-refractivity contribution is 7.35. The van der Waals surface area contributed by atoms with Crippen LogP contribution in [0.2, 0.25) is 0 Å². The van der Waals surface area contributed by atoms with Gasteiger partial charge < -0.3 is 0 Å². The minimum Gasteiger partial charge on any atom is -0.291 e. The predicted octanol–water partition coefficient (Wildman–Crippen LogP) is 1.16. The van der Waals surface area contributed by atoms with Crippen LogP contribution in [0.15, 0.2) is 0 Å². The van der Waals surface area contributed by atoms with Crippen LogP contribution in [-0.4, -0.2) is 24.9 Å². The Morgan fingerprint density at radius 2 is 2.00 bits per heavy atom. The summed E-state index contributed by atoms with van der Waals surface area (Å²) in [4.78, 5) is 0. The lowest BCUT2D eigenvalue weighted by molar-refractivity contribution is 0.691. The fourth-order valence-electron chi connectivity index (χ4n) is 0.316. The first kappa shape index (κ1) is 6.39. The fourth-order valence-corrected chi connectivity index (χ4v) is 0.949.